The summed E-state index contributed by atoms with van der Waals surface area (Å²) in [6, 6.07) is 11.0. The minimum atomic E-state index is -0.390. The van der Waals surface area contributed by atoms with Gasteiger partial charge < -0.3 is 9.30 Å². The van der Waals surface area contributed by atoms with E-state index in [1.165, 1.54) is 23.5 Å². The molecular weight excluding hydrogens is 379 g/mol. The van der Waals surface area contributed by atoms with Crippen molar-refractivity contribution in [3.05, 3.63) is 76.9 Å². The van der Waals surface area contributed by atoms with Crippen molar-refractivity contribution in [2.75, 3.05) is 6.61 Å². The average molecular weight is 398 g/mol. The van der Waals surface area contributed by atoms with Crippen LogP contribution in [0.25, 0.3) is 10.2 Å². The van der Waals surface area contributed by atoms with Crippen LogP contribution in [-0.4, -0.2) is 23.1 Å². The monoisotopic (exact) mass is 398 g/mol. The van der Waals surface area contributed by atoms with Gasteiger partial charge in [0.05, 0.1) is 28.8 Å². The Labute approximate surface area is 165 Å². The van der Waals surface area contributed by atoms with Crippen LogP contribution in [0.15, 0.2) is 60.1 Å². The Hall–Kier alpha value is -3.06. The molecule has 0 saturated heterocycles. The number of benzene rings is 2. The van der Waals surface area contributed by atoms with E-state index in [4.69, 9.17) is 4.74 Å². The van der Waals surface area contributed by atoms with Gasteiger partial charge in [-0.05, 0) is 42.8 Å². The molecule has 5 nitrogen and oxygen atoms in total. The number of halogens is 1. The smallest absolute Gasteiger partial charge is 0.338 e. The molecule has 0 N–H and O–H groups in total. The SMILES string of the molecule is C=CCn1c(=NC(=O)Cc2ccc(F)cc2)sc2cc(C(=O)OCC)ccc21. The van der Waals surface area contributed by atoms with E-state index in [2.05, 4.69) is 11.6 Å². The number of nitrogens with zero attached hydrogens (tertiary/aromatic N) is 2. The first-order chi connectivity index (χ1) is 13.5. The Kier molecular flexibility index (Phi) is 6.16. The summed E-state index contributed by atoms with van der Waals surface area (Å²) in [5.41, 5.74) is 1.99. The van der Waals surface area contributed by atoms with Crippen molar-refractivity contribution in [2.24, 2.45) is 4.99 Å². The van der Waals surface area contributed by atoms with Gasteiger partial charge in [0.25, 0.3) is 5.91 Å². The number of hydrogen-bond acceptors (Lipinski definition) is 4. The fraction of sp³-hybridized carbons (Fsp3) is 0.190. The molecule has 0 atom stereocenters. The minimum absolute atomic E-state index is 0.0801. The van der Waals surface area contributed by atoms with Crippen molar-refractivity contribution in [3.63, 3.8) is 0 Å². The standard InChI is InChI=1S/C21H19FN2O3S/c1-3-11-24-17-10-7-15(20(26)27-4-2)13-18(17)28-21(24)23-19(25)12-14-5-8-16(22)9-6-14/h3,5-10,13H,1,4,11-12H2,2H3. The third kappa shape index (κ3) is 4.43. The lowest BCUT2D eigenvalue weighted by molar-refractivity contribution is -0.117. The molecule has 0 fully saturated rings. The molecule has 0 aliphatic heterocycles. The zero-order valence-electron chi connectivity index (χ0n) is 15.4. The van der Waals surface area contributed by atoms with E-state index in [0.29, 0.717) is 29.1 Å². The minimum Gasteiger partial charge on any atom is -0.462 e. The lowest BCUT2D eigenvalue weighted by Gasteiger charge is -2.03. The summed E-state index contributed by atoms with van der Waals surface area (Å²) in [6.45, 7) is 6.29. The van der Waals surface area contributed by atoms with E-state index in [0.717, 1.165) is 10.2 Å². The second kappa shape index (κ2) is 8.75. The van der Waals surface area contributed by atoms with E-state index in [1.54, 1.807) is 37.3 Å². The lowest BCUT2D eigenvalue weighted by Crippen LogP contribution is -2.17. The molecule has 3 rings (SSSR count). The van der Waals surface area contributed by atoms with E-state index in [1.807, 2.05) is 10.6 Å². The fourth-order valence-corrected chi connectivity index (χ4v) is 3.82. The number of rotatable bonds is 6. The maximum atomic E-state index is 13.0. The van der Waals surface area contributed by atoms with Crippen molar-refractivity contribution in [3.8, 4) is 0 Å². The fourth-order valence-electron chi connectivity index (χ4n) is 2.73. The van der Waals surface area contributed by atoms with Gasteiger partial charge in [-0.3, -0.25) is 4.79 Å². The third-order valence-corrected chi connectivity index (χ3v) is 5.04. The largest absolute Gasteiger partial charge is 0.462 e. The molecule has 28 heavy (non-hydrogen) atoms. The van der Waals surface area contributed by atoms with E-state index >= 15 is 0 Å². The molecule has 0 spiro atoms. The predicted octanol–water partition coefficient (Wildman–Crippen LogP) is 3.87. The zero-order valence-corrected chi connectivity index (χ0v) is 16.2. The molecule has 1 aromatic heterocycles. The van der Waals surface area contributed by atoms with Crippen LogP contribution in [0.5, 0.6) is 0 Å². The zero-order chi connectivity index (χ0) is 20.1. The number of hydrogen-bond donors (Lipinski definition) is 0. The molecule has 1 amide bonds. The molecule has 144 valence electrons. The molecular formula is C21H19FN2O3S. The van der Waals surface area contributed by atoms with Crippen LogP contribution >= 0.6 is 11.3 Å². The molecule has 0 radical (unpaired) electrons. The Morgan fingerprint density at radius 2 is 2.00 bits per heavy atom. The summed E-state index contributed by atoms with van der Waals surface area (Å²) >= 11 is 1.31. The number of carbonyl (C=O) groups is 2. The first kappa shape index (κ1) is 19.7. The van der Waals surface area contributed by atoms with Gasteiger partial charge in [0.1, 0.15) is 5.82 Å². The summed E-state index contributed by atoms with van der Waals surface area (Å²) in [7, 11) is 0. The van der Waals surface area contributed by atoms with Gasteiger partial charge in [-0.25, -0.2) is 9.18 Å². The quantitative estimate of drug-likeness (QED) is 0.468. The number of esters is 1. The maximum Gasteiger partial charge on any atom is 0.338 e. The van der Waals surface area contributed by atoms with E-state index in [-0.39, 0.29) is 24.1 Å². The topological polar surface area (TPSA) is 60.7 Å². The highest BCUT2D eigenvalue weighted by atomic mass is 32.1. The van der Waals surface area contributed by atoms with Crippen molar-refractivity contribution >= 4 is 33.4 Å². The van der Waals surface area contributed by atoms with Crippen molar-refractivity contribution in [1.82, 2.24) is 4.57 Å². The van der Waals surface area contributed by atoms with Crippen LogP contribution in [0.2, 0.25) is 0 Å². The van der Waals surface area contributed by atoms with Crippen LogP contribution in [0.1, 0.15) is 22.8 Å². The highest BCUT2D eigenvalue weighted by Gasteiger charge is 2.12. The highest BCUT2D eigenvalue weighted by molar-refractivity contribution is 7.16. The Morgan fingerprint density at radius 1 is 1.25 bits per heavy atom. The average Bonchev–Trinajstić information content (AvgIpc) is 3.00. The van der Waals surface area contributed by atoms with Gasteiger partial charge >= 0.3 is 5.97 Å². The summed E-state index contributed by atoms with van der Waals surface area (Å²) in [5.74, 6) is -1.07. The lowest BCUT2D eigenvalue weighted by atomic mass is 10.1. The van der Waals surface area contributed by atoms with Crippen LogP contribution in [-0.2, 0) is 22.5 Å². The summed E-state index contributed by atoms with van der Waals surface area (Å²) in [5, 5.41) is 0. The molecule has 0 bridgehead atoms. The molecule has 0 aliphatic rings. The van der Waals surface area contributed by atoms with Crippen molar-refractivity contribution in [1.29, 1.82) is 0 Å². The molecule has 7 heteroatoms. The molecule has 0 aliphatic carbocycles. The number of carbonyl (C=O) groups excluding carboxylic acids is 2. The normalized spacial score (nSPS) is 11.6. The molecule has 0 unspecified atom stereocenters. The first-order valence-electron chi connectivity index (χ1n) is 8.75. The van der Waals surface area contributed by atoms with Crippen LogP contribution < -0.4 is 4.80 Å². The third-order valence-electron chi connectivity index (χ3n) is 3.99. The van der Waals surface area contributed by atoms with Crippen LogP contribution in [0.3, 0.4) is 0 Å². The second-order valence-corrected chi connectivity index (χ2v) is 7.00. The van der Waals surface area contributed by atoms with Gasteiger partial charge in [-0.2, -0.15) is 4.99 Å². The van der Waals surface area contributed by atoms with Gasteiger partial charge in [0.2, 0.25) is 0 Å². The van der Waals surface area contributed by atoms with Gasteiger partial charge in [0, 0.05) is 6.54 Å². The van der Waals surface area contributed by atoms with Crippen molar-refractivity contribution < 1.29 is 18.7 Å². The first-order valence-corrected chi connectivity index (χ1v) is 9.57. The van der Waals surface area contributed by atoms with Gasteiger partial charge in [-0.1, -0.05) is 29.5 Å². The summed E-state index contributed by atoms with van der Waals surface area (Å²) in [4.78, 5) is 29.1. The number of amides is 1. The number of thiazole rings is 1. The maximum absolute atomic E-state index is 13.0. The van der Waals surface area contributed by atoms with E-state index in [9.17, 15) is 14.0 Å². The molecule has 3 aromatic rings. The van der Waals surface area contributed by atoms with Gasteiger partial charge in [0.15, 0.2) is 4.80 Å². The van der Waals surface area contributed by atoms with Crippen LogP contribution in [0.4, 0.5) is 4.39 Å². The molecule has 1 heterocycles. The summed E-state index contributed by atoms with van der Waals surface area (Å²) < 4.78 is 20.7. The van der Waals surface area contributed by atoms with Crippen molar-refractivity contribution in [2.45, 2.75) is 19.9 Å². The number of allylic oxidation sites excluding steroid dienone is 1. The Balaban J connectivity index is 1.98. The highest BCUT2D eigenvalue weighted by Crippen LogP contribution is 2.20. The second-order valence-electron chi connectivity index (χ2n) is 6.00. The van der Waals surface area contributed by atoms with E-state index < -0.39 is 0 Å². The number of aromatic nitrogens is 1. The molecule has 2 aromatic carbocycles. The predicted molar refractivity (Wildman–Crippen MR) is 107 cm³/mol. The number of fused-ring (bicyclic) bond motifs is 1. The molecule has 0 saturated carbocycles. The number of ether oxygens (including phenoxy) is 1. The Bertz CT molecular complexity index is 1100. The van der Waals surface area contributed by atoms with Crippen LogP contribution in [0, 0.1) is 5.82 Å². The summed E-state index contributed by atoms with van der Waals surface area (Å²) in [6.07, 6.45) is 1.80. The Morgan fingerprint density at radius 3 is 2.68 bits per heavy atom. The van der Waals surface area contributed by atoms with Gasteiger partial charge in [-0.15, -0.1) is 6.58 Å².